The summed E-state index contributed by atoms with van der Waals surface area (Å²) in [6.07, 6.45) is 0.676. The van der Waals surface area contributed by atoms with Gasteiger partial charge in [-0.05, 0) is 5.92 Å². The van der Waals surface area contributed by atoms with Gasteiger partial charge in [0.15, 0.2) is 0 Å². The Bertz CT molecular complexity index is 304. The summed E-state index contributed by atoms with van der Waals surface area (Å²) in [5.74, 6) is -2.10. The van der Waals surface area contributed by atoms with Crippen LogP contribution in [0.2, 0.25) is 0 Å². The summed E-state index contributed by atoms with van der Waals surface area (Å²) >= 11 is 0. The van der Waals surface area contributed by atoms with E-state index in [2.05, 4.69) is 5.32 Å². The Morgan fingerprint density at radius 1 is 1.18 bits per heavy atom. The summed E-state index contributed by atoms with van der Waals surface area (Å²) in [5.41, 5.74) is 10.2. The molecule has 3 amide bonds. The molecule has 6 nitrogen and oxygen atoms in total. The zero-order valence-corrected chi connectivity index (χ0v) is 10.5. The second kappa shape index (κ2) is 6.88. The van der Waals surface area contributed by atoms with Crippen molar-refractivity contribution in [2.45, 2.75) is 39.7 Å². The van der Waals surface area contributed by atoms with Crippen molar-refractivity contribution in [1.29, 1.82) is 0 Å². The van der Waals surface area contributed by atoms with E-state index >= 15 is 0 Å². The first-order valence-electron chi connectivity index (χ1n) is 5.67. The molecule has 0 aliphatic heterocycles. The maximum absolute atomic E-state index is 11.7. The van der Waals surface area contributed by atoms with E-state index < -0.39 is 23.8 Å². The van der Waals surface area contributed by atoms with Crippen LogP contribution < -0.4 is 16.8 Å². The van der Waals surface area contributed by atoms with E-state index in [1.807, 2.05) is 13.8 Å². The van der Waals surface area contributed by atoms with Gasteiger partial charge in [-0.25, -0.2) is 0 Å². The van der Waals surface area contributed by atoms with E-state index in [9.17, 15) is 14.4 Å². The number of rotatable bonds is 7. The van der Waals surface area contributed by atoms with Crippen LogP contribution in [0, 0.1) is 11.8 Å². The van der Waals surface area contributed by atoms with Gasteiger partial charge in [0.05, 0.1) is 0 Å². The SMILES string of the molecule is CCC(C)C(NC(=O)[C@@H](C)CC(N)=O)C(N)=O. The van der Waals surface area contributed by atoms with Crippen LogP contribution in [0.1, 0.15) is 33.6 Å². The molecule has 6 heteroatoms. The molecule has 98 valence electrons. The smallest absolute Gasteiger partial charge is 0.240 e. The second-order valence-corrected chi connectivity index (χ2v) is 4.35. The zero-order valence-electron chi connectivity index (χ0n) is 10.5. The molecule has 2 unspecified atom stereocenters. The molecule has 0 rings (SSSR count). The van der Waals surface area contributed by atoms with Crippen molar-refractivity contribution in [3.05, 3.63) is 0 Å². The van der Waals surface area contributed by atoms with Crippen molar-refractivity contribution in [3.8, 4) is 0 Å². The summed E-state index contributed by atoms with van der Waals surface area (Å²) in [5, 5.41) is 2.55. The third-order valence-corrected chi connectivity index (χ3v) is 2.77. The number of hydrogen-bond acceptors (Lipinski definition) is 3. The molecule has 3 atom stereocenters. The standard InChI is InChI=1S/C11H21N3O3/c1-4-6(2)9(10(13)16)14-11(17)7(3)5-8(12)15/h6-7,9H,4-5H2,1-3H3,(H2,12,15)(H2,13,16)(H,14,17)/t6?,7-,9?/m0/s1. The van der Waals surface area contributed by atoms with Crippen LogP contribution >= 0.6 is 0 Å². The first-order valence-corrected chi connectivity index (χ1v) is 5.67. The van der Waals surface area contributed by atoms with E-state index in [1.54, 1.807) is 6.92 Å². The number of nitrogens with two attached hydrogens (primary N) is 2. The van der Waals surface area contributed by atoms with E-state index in [0.717, 1.165) is 6.42 Å². The molecule has 17 heavy (non-hydrogen) atoms. The lowest BCUT2D eigenvalue weighted by molar-refractivity contribution is -0.132. The highest BCUT2D eigenvalue weighted by Crippen LogP contribution is 2.09. The molecule has 0 aromatic carbocycles. The molecule has 0 aromatic rings. The monoisotopic (exact) mass is 243 g/mol. The lowest BCUT2D eigenvalue weighted by Crippen LogP contribution is -2.50. The van der Waals surface area contributed by atoms with Gasteiger partial charge in [-0.1, -0.05) is 27.2 Å². The number of hydrogen-bond donors (Lipinski definition) is 3. The fraction of sp³-hybridized carbons (Fsp3) is 0.727. The lowest BCUT2D eigenvalue weighted by Gasteiger charge is -2.22. The van der Waals surface area contributed by atoms with E-state index in [-0.39, 0.29) is 18.2 Å². The van der Waals surface area contributed by atoms with Gasteiger partial charge in [-0.15, -0.1) is 0 Å². The van der Waals surface area contributed by atoms with Gasteiger partial charge >= 0.3 is 0 Å². The Morgan fingerprint density at radius 2 is 1.71 bits per heavy atom. The fourth-order valence-electron chi connectivity index (χ4n) is 1.42. The Balaban J connectivity index is 4.50. The Hall–Kier alpha value is -1.59. The van der Waals surface area contributed by atoms with Crippen LogP contribution in [0.25, 0.3) is 0 Å². The maximum atomic E-state index is 11.7. The molecule has 0 radical (unpaired) electrons. The predicted octanol–water partition coefficient (Wildman–Crippen LogP) is -0.486. The highest BCUT2D eigenvalue weighted by atomic mass is 16.2. The zero-order chi connectivity index (χ0) is 13.6. The lowest BCUT2D eigenvalue weighted by atomic mass is 9.97. The largest absolute Gasteiger partial charge is 0.370 e. The average Bonchev–Trinajstić information content (AvgIpc) is 2.22. The summed E-state index contributed by atoms with van der Waals surface area (Å²) < 4.78 is 0. The minimum absolute atomic E-state index is 0.0438. The van der Waals surface area contributed by atoms with Crippen molar-refractivity contribution in [1.82, 2.24) is 5.32 Å². The van der Waals surface area contributed by atoms with Crippen LogP contribution in [-0.2, 0) is 14.4 Å². The number of nitrogens with one attached hydrogen (secondary N) is 1. The third-order valence-electron chi connectivity index (χ3n) is 2.77. The molecule has 0 aliphatic rings. The summed E-state index contributed by atoms with van der Waals surface area (Å²) in [6, 6.07) is -0.706. The van der Waals surface area contributed by atoms with Crippen molar-refractivity contribution < 1.29 is 14.4 Å². The van der Waals surface area contributed by atoms with Crippen LogP contribution in [0.5, 0.6) is 0 Å². The minimum atomic E-state index is -0.706. The molecule has 0 bridgehead atoms. The maximum Gasteiger partial charge on any atom is 0.240 e. The van der Waals surface area contributed by atoms with Crippen LogP contribution in [0.3, 0.4) is 0 Å². The molecular weight excluding hydrogens is 222 g/mol. The van der Waals surface area contributed by atoms with Gasteiger partial charge < -0.3 is 16.8 Å². The second-order valence-electron chi connectivity index (χ2n) is 4.35. The van der Waals surface area contributed by atoms with Crippen LogP contribution in [-0.4, -0.2) is 23.8 Å². The highest BCUT2D eigenvalue weighted by Gasteiger charge is 2.26. The predicted molar refractivity (Wildman–Crippen MR) is 63.6 cm³/mol. The molecule has 5 N–H and O–H groups in total. The number of carbonyl (C=O) groups is 3. The molecule has 0 spiro atoms. The van der Waals surface area contributed by atoms with E-state index in [0.29, 0.717) is 0 Å². The first kappa shape index (κ1) is 15.4. The molecule has 0 fully saturated rings. The Kier molecular flexibility index (Phi) is 6.23. The quantitative estimate of drug-likeness (QED) is 0.560. The van der Waals surface area contributed by atoms with Crippen molar-refractivity contribution in [2.75, 3.05) is 0 Å². The molecule has 0 saturated heterocycles. The topological polar surface area (TPSA) is 115 Å². The molecular formula is C11H21N3O3. The van der Waals surface area contributed by atoms with Gasteiger partial charge in [-0.2, -0.15) is 0 Å². The average molecular weight is 243 g/mol. The van der Waals surface area contributed by atoms with E-state index in [1.165, 1.54) is 0 Å². The highest BCUT2D eigenvalue weighted by molar-refractivity contribution is 5.89. The third kappa shape index (κ3) is 5.33. The molecule has 0 saturated carbocycles. The van der Waals surface area contributed by atoms with Crippen molar-refractivity contribution in [2.24, 2.45) is 23.3 Å². The van der Waals surface area contributed by atoms with Gasteiger partial charge in [-0.3, -0.25) is 14.4 Å². The number of amides is 3. The molecule has 0 aromatic heterocycles. The van der Waals surface area contributed by atoms with Crippen LogP contribution in [0.15, 0.2) is 0 Å². The minimum Gasteiger partial charge on any atom is -0.370 e. The Morgan fingerprint density at radius 3 is 2.06 bits per heavy atom. The first-order chi connectivity index (χ1) is 7.79. The van der Waals surface area contributed by atoms with Gasteiger partial charge in [0.25, 0.3) is 0 Å². The molecule has 0 heterocycles. The van der Waals surface area contributed by atoms with Crippen molar-refractivity contribution in [3.63, 3.8) is 0 Å². The van der Waals surface area contributed by atoms with E-state index in [4.69, 9.17) is 11.5 Å². The number of primary amides is 2. The normalized spacial score (nSPS) is 15.7. The van der Waals surface area contributed by atoms with Crippen molar-refractivity contribution >= 4 is 17.7 Å². The summed E-state index contributed by atoms with van der Waals surface area (Å²) in [7, 11) is 0. The Labute approximate surface area is 101 Å². The van der Waals surface area contributed by atoms with Crippen LogP contribution in [0.4, 0.5) is 0 Å². The van der Waals surface area contributed by atoms with Gasteiger partial charge in [0, 0.05) is 12.3 Å². The number of carbonyl (C=O) groups excluding carboxylic acids is 3. The molecule has 0 aliphatic carbocycles. The summed E-state index contributed by atoms with van der Waals surface area (Å²) in [6.45, 7) is 5.31. The van der Waals surface area contributed by atoms with Gasteiger partial charge in [0.1, 0.15) is 6.04 Å². The van der Waals surface area contributed by atoms with Gasteiger partial charge in [0.2, 0.25) is 17.7 Å². The fourth-order valence-corrected chi connectivity index (χ4v) is 1.42. The summed E-state index contributed by atoms with van der Waals surface area (Å²) in [4.78, 5) is 33.6.